The van der Waals surface area contributed by atoms with Crippen LogP contribution in [0.15, 0.2) is 66.0 Å². The van der Waals surface area contributed by atoms with Crippen molar-refractivity contribution >= 4 is 29.9 Å². The van der Waals surface area contributed by atoms with Crippen molar-refractivity contribution in [1.82, 2.24) is 25.4 Å². The number of halogens is 1. The molecule has 1 aromatic carbocycles. The maximum Gasteiger partial charge on any atom is 0.191 e. The summed E-state index contributed by atoms with van der Waals surface area (Å²) in [4.78, 5) is 8.62. The zero-order valence-corrected chi connectivity index (χ0v) is 18.3. The van der Waals surface area contributed by atoms with Crippen LogP contribution >= 0.6 is 24.0 Å². The van der Waals surface area contributed by atoms with Gasteiger partial charge in [-0.05, 0) is 47.9 Å². The smallest absolute Gasteiger partial charge is 0.191 e. The molecule has 148 valence electrons. The molecule has 3 rings (SSSR count). The number of nitrogens with one attached hydrogen (secondary N) is 2. The number of methoxy groups -OCH3 is 1. The zero-order valence-electron chi connectivity index (χ0n) is 16.0. The standard InChI is InChI=1S/C20H24N6O.HI/c1-21-20(23-12-8-16-4-6-18(27-2)7-5-16)24-15-17-9-11-22-19(14-17)26-13-3-10-25-26;/h3-7,9-11,13-14H,8,12,15H2,1-2H3,(H2,21,23,24);1H. The third kappa shape index (κ3) is 6.22. The molecule has 2 heterocycles. The molecule has 0 fully saturated rings. The van der Waals surface area contributed by atoms with E-state index in [0.29, 0.717) is 6.54 Å². The molecule has 0 unspecified atom stereocenters. The van der Waals surface area contributed by atoms with Gasteiger partial charge in [-0.3, -0.25) is 4.99 Å². The SMILES string of the molecule is CN=C(NCCc1ccc(OC)cc1)NCc1ccnc(-n2cccn2)c1.I. The van der Waals surface area contributed by atoms with Crippen molar-refractivity contribution in [2.75, 3.05) is 20.7 Å². The van der Waals surface area contributed by atoms with Crippen molar-refractivity contribution in [3.05, 3.63) is 72.2 Å². The van der Waals surface area contributed by atoms with Crippen LogP contribution in [0.1, 0.15) is 11.1 Å². The maximum atomic E-state index is 5.18. The van der Waals surface area contributed by atoms with E-state index in [9.17, 15) is 0 Å². The Labute approximate surface area is 182 Å². The van der Waals surface area contributed by atoms with Crippen molar-refractivity contribution in [1.29, 1.82) is 0 Å². The van der Waals surface area contributed by atoms with Gasteiger partial charge in [0.05, 0.1) is 7.11 Å². The summed E-state index contributed by atoms with van der Waals surface area (Å²) in [5.74, 6) is 2.43. The molecule has 28 heavy (non-hydrogen) atoms. The monoisotopic (exact) mass is 492 g/mol. The van der Waals surface area contributed by atoms with Crippen LogP contribution in [0, 0.1) is 0 Å². The largest absolute Gasteiger partial charge is 0.497 e. The minimum Gasteiger partial charge on any atom is -0.497 e. The molecular formula is C20H25IN6O. The molecular weight excluding hydrogens is 467 g/mol. The molecule has 0 aliphatic rings. The van der Waals surface area contributed by atoms with Crippen molar-refractivity contribution in [3.63, 3.8) is 0 Å². The minimum atomic E-state index is 0. The molecule has 0 saturated carbocycles. The first-order valence-corrected chi connectivity index (χ1v) is 8.81. The Morgan fingerprint density at radius 1 is 1.11 bits per heavy atom. The average molecular weight is 492 g/mol. The summed E-state index contributed by atoms with van der Waals surface area (Å²) in [7, 11) is 3.44. The second-order valence-electron chi connectivity index (χ2n) is 5.92. The van der Waals surface area contributed by atoms with E-state index >= 15 is 0 Å². The molecule has 0 spiro atoms. The fraction of sp³-hybridized carbons (Fsp3) is 0.250. The van der Waals surface area contributed by atoms with Crippen LogP contribution in [-0.2, 0) is 13.0 Å². The lowest BCUT2D eigenvalue weighted by atomic mass is 10.1. The first kappa shape index (κ1) is 21.7. The van der Waals surface area contributed by atoms with Crippen molar-refractivity contribution < 1.29 is 4.74 Å². The van der Waals surface area contributed by atoms with Crippen molar-refractivity contribution in [2.24, 2.45) is 4.99 Å². The van der Waals surface area contributed by atoms with Crippen LogP contribution in [-0.4, -0.2) is 41.4 Å². The molecule has 3 aromatic rings. The highest BCUT2D eigenvalue weighted by atomic mass is 127. The molecule has 0 amide bonds. The van der Waals surface area contributed by atoms with E-state index < -0.39 is 0 Å². The van der Waals surface area contributed by atoms with Gasteiger partial charge < -0.3 is 15.4 Å². The van der Waals surface area contributed by atoms with Crippen molar-refractivity contribution in [2.45, 2.75) is 13.0 Å². The van der Waals surface area contributed by atoms with Gasteiger partial charge in [0, 0.05) is 38.7 Å². The molecule has 0 radical (unpaired) electrons. The second kappa shape index (κ2) is 11.3. The van der Waals surface area contributed by atoms with E-state index in [1.165, 1.54) is 5.56 Å². The number of benzene rings is 1. The van der Waals surface area contributed by atoms with Gasteiger partial charge in [0.25, 0.3) is 0 Å². The Kier molecular flexibility index (Phi) is 8.73. The Bertz CT molecular complexity index is 865. The summed E-state index contributed by atoms with van der Waals surface area (Å²) in [5, 5.41) is 10.9. The molecule has 0 aliphatic heterocycles. The number of rotatable bonds is 7. The van der Waals surface area contributed by atoms with E-state index in [0.717, 1.165) is 36.1 Å². The predicted molar refractivity (Wildman–Crippen MR) is 122 cm³/mol. The Hall–Kier alpha value is -2.62. The number of guanidine groups is 1. The van der Waals surface area contributed by atoms with Crippen molar-refractivity contribution in [3.8, 4) is 11.6 Å². The normalized spacial score (nSPS) is 10.9. The summed E-state index contributed by atoms with van der Waals surface area (Å²) in [6.07, 6.45) is 6.30. The number of aromatic nitrogens is 3. The van der Waals surface area contributed by atoms with E-state index in [2.05, 4.69) is 37.8 Å². The van der Waals surface area contributed by atoms with E-state index in [1.54, 1.807) is 31.2 Å². The van der Waals surface area contributed by atoms with Crippen LogP contribution in [0.2, 0.25) is 0 Å². The highest BCUT2D eigenvalue weighted by molar-refractivity contribution is 14.0. The molecule has 0 bridgehead atoms. The zero-order chi connectivity index (χ0) is 18.9. The van der Waals surface area contributed by atoms with Crippen LogP contribution in [0.25, 0.3) is 5.82 Å². The number of hydrogen-bond acceptors (Lipinski definition) is 4. The van der Waals surface area contributed by atoms with E-state index in [-0.39, 0.29) is 24.0 Å². The Balaban J connectivity index is 0.00000280. The number of nitrogens with zero attached hydrogens (tertiary/aromatic N) is 4. The first-order valence-electron chi connectivity index (χ1n) is 8.81. The molecule has 2 aromatic heterocycles. The lowest BCUT2D eigenvalue weighted by Crippen LogP contribution is -2.37. The van der Waals surface area contributed by atoms with Crippen LogP contribution in [0.3, 0.4) is 0 Å². The van der Waals surface area contributed by atoms with Gasteiger partial charge in [-0.25, -0.2) is 9.67 Å². The highest BCUT2D eigenvalue weighted by Crippen LogP contribution is 2.11. The molecule has 8 heteroatoms. The summed E-state index contributed by atoms with van der Waals surface area (Å²) in [6, 6.07) is 14.0. The summed E-state index contributed by atoms with van der Waals surface area (Å²) in [6.45, 7) is 1.44. The lowest BCUT2D eigenvalue weighted by molar-refractivity contribution is 0.414. The lowest BCUT2D eigenvalue weighted by Gasteiger charge is -2.12. The van der Waals surface area contributed by atoms with E-state index in [4.69, 9.17) is 4.74 Å². The van der Waals surface area contributed by atoms with Gasteiger partial charge in [-0.15, -0.1) is 24.0 Å². The van der Waals surface area contributed by atoms with Gasteiger partial charge >= 0.3 is 0 Å². The number of ether oxygens (including phenoxy) is 1. The summed E-state index contributed by atoms with van der Waals surface area (Å²) >= 11 is 0. The van der Waals surface area contributed by atoms with Gasteiger partial charge in [-0.2, -0.15) is 5.10 Å². The Morgan fingerprint density at radius 2 is 1.93 bits per heavy atom. The molecule has 0 saturated heterocycles. The second-order valence-corrected chi connectivity index (χ2v) is 5.92. The topological polar surface area (TPSA) is 76.4 Å². The summed E-state index contributed by atoms with van der Waals surface area (Å²) in [5.41, 5.74) is 2.35. The van der Waals surface area contributed by atoms with Crippen LogP contribution in [0.5, 0.6) is 5.75 Å². The first-order chi connectivity index (χ1) is 13.3. The van der Waals surface area contributed by atoms with Crippen LogP contribution < -0.4 is 15.4 Å². The fourth-order valence-corrected chi connectivity index (χ4v) is 2.62. The molecule has 2 N–H and O–H groups in total. The predicted octanol–water partition coefficient (Wildman–Crippen LogP) is 2.80. The minimum absolute atomic E-state index is 0. The highest BCUT2D eigenvalue weighted by Gasteiger charge is 2.02. The third-order valence-corrected chi connectivity index (χ3v) is 4.10. The maximum absolute atomic E-state index is 5.18. The van der Waals surface area contributed by atoms with Gasteiger partial charge in [0.15, 0.2) is 11.8 Å². The van der Waals surface area contributed by atoms with E-state index in [1.807, 2.05) is 36.5 Å². The van der Waals surface area contributed by atoms with Crippen LogP contribution in [0.4, 0.5) is 0 Å². The third-order valence-electron chi connectivity index (χ3n) is 4.10. The van der Waals surface area contributed by atoms with Gasteiger partial charge in [-0.1, -0.05) is 12.1 Å². The quantitative estimate of drug-likeness (QED) is 0.302. The summed E-state index contributed by atoms with van der Waals surface area (Å²) < 4.78 is 6.92. The Morgan fingerprint density at radius 3 is 2.61 bits per heavy atom. The fourth-order valence-electron chi connectivity index (χ4n) is 2.62. The molecule has 0 aliphatic carbocycles. The number of aliphatic imine (C=N–C) groups is 1. The molecule has 0 atom stereocenters. The van der Waals surface area contributed by atoms with Gasteiger partial charge in [0.1, 0.15) is 5.75 Å². The number of hydrogen-bond donors (Lipinski definition) is 2. The molecule has 7 nitrogen and oxygen atoms in total. The number of pyridine rings is 1. The van der Waals surface area contributed by atoms with Gasteiger partial charge in [0.2, 0.25) is 0 Å². The average Bonchev–Trinajstić information content (AvgIpc) is 3.26.